The van der Waals surface area contributed by atoms with Crippen molar-refractivity contribution in [2.24, 2.45) is 0 Å². The van der Waals surface area contributed by atoms with Gasteiger partial charge in [-0.2, -0.15) is 0 Å². The van der Waals surface area contributed by atoms with Crippen LogP contribution in [0.25, 0.3) is 0 Å². The highest BCUT2D eigenvalue weighted by Gasteiger charge is 2.21. The van der Waals surface area contributed by atoms with Crippen molar-refractivity contribution in [2.45, 2.75) is 49.8 Å². The Morgan fingerprint density at radius 2 is 1.97 bits per heavy atom. The summed E-state index contributed by atoms with van der Waals surface area (Å²) in [5.41, 5.74) is 3.82. The molecule has 0 unspecified atom stereocenters. The third-order valence-corrected chi connectivity index (χ3v) is 6.15. The molecule has 1 aromatic heterocycles. The standard InChI is InChI=1S/C23H25N3O2S/c1-16(17-8-3-2-4-9-17)14-22-25-26-23(28-22)29-15-21(27)24-20-13-7-11-18-10-5-6-12-19(18)20/h2-6,8-10,12,16,20H,7,11,13-15H2,1H3,(H,24,27)/t16-,20+/m0/s1. The molecule has 6 heteroatoms. The highest BCUT2D eigenvalue weighted by Crippen LogP contribution is 2.29. The molecule has 1 aliphatic rings. The van der Waals surface area contributed by atoms with Gasteiger partial charge in [-0.15, -0.1) is 10.2 Å². The van der Waals surface area contributed by atoms with Gasteiger partial charge in [0.05, 0.1) is 11.8 Å². The molecule has 0 fully saturated rings. The largest absolute Gasteiger partial charge is 0.416 e. The Morgan fingerprint density at radius 3 is 2.83 bits per heavy atom. The average molecular weight is 408 g/mol. The fraction of sp³-hybridized carbons (Fsp3) is 0.348. The summed E-state index contributed by atoms with van der Waals surface area (Å²) in [6.45, 7) is 2.14. The lowest BCUT2D eigenvalue weighted by Crippen LogP contribution is -2.32. The molecule has 1 aliphatic carbocycles. The Balaban J connectivity index is 1.28. The van der Waals surface area contributed by atoms with Crippen LogP contribution in [0.1, 0.15) is 54.3 Å². The molecular weight excluding hydrogens is 382 g/mol. The van der Waals surface area contributed by atoms with Gasteiger partial charge in [0.15, 0.2) is 0 Å². The number of hydrogen-bond acceptors (Lipinski definition) is 5. The van der Waals surface area contributed by atoms with Crippen molar-refractivity contribution in [2.75, 3.05) is 5.75 Å². The number of aromatic nitrogens is 2. The second-order valence-electron chi connectivity index (χ2n) is 7.48. The number of thioether (sulfide) groups is 1. The quantitative estimate of drug-likeness (QED) is 0.575. The average Bonchev–Trinajstić information content (AvgIpc) is 3.20. The fourth-order valence-corrected chi connectivity index (χ4v) is 4.40. The van der Waals surface area contributed by atoms with Gasteiger partial charge in [-0.1, -0.05) is 73.3 Å². The molecule has 0 radical (unpaired) electrons. The predicted octanol–water partition coefficient (Wildman–Crippen LogP) is 4.70. The van der Waals surface area contributed by atoms with E-state index in [1.807, 2.05) is 24.3 Å². The number of nitrogens with zero attached hydrogens (tertiary/aromatic N) is 2. The van der Waals surface area contributed by atoms with Gasteiger partial charge in [0, 0.05) is 6.42 Å². The van der Waals surface area contributed by atoms with E-state index in [1.54, 1.807) is 0 Å². The Morgan fingerprint density at radius 1 is 1.17 bits per heavy atom. The van der Waals surface area contributed by atoms with Gasteiger partial charge < -0.3 is 9.73 Å². The molecule has 0 spiro atoms. The lowest BCUT2D eigenvalue weighted by Gasteiger charge is -2.26. The van der Waals surface area contributed by atoms with Crippen LogP contribution in [0, 0.1) is 0 Å². The van der Waals surface area contributed by atoms with Gasteiger partial charge in [-0.3, -0.25) is 4.79 Å². The number of benzene rings is 2. The van der Waals surface area contributed by atoms with Crippen molar-refractivity contribution < 1.29 is 9.21 Å². The van der Waals surface area contributed by atoms with E-state index in [-0.39, 0.29) is 17.7 Å². The molecule has 0 bridgehead atoms. The molecule has 29 heavy (non-hydrogen) atoms. The van der Waals surface area contributed by atoms with Gasteiger partial charge in [0.25, 0.3) is 5.22 Å². The Kier molecular flexibility index (Phi) is 6.30. The monoisotopic (exact) mass is 407 g/mol. The first-order valence-corrected chi connectivity index (χ1v) is 11.0. The van der Waals surface area contributed by atoms with E-state index < -0.39 is 0 Å². The van der Waals surface area contributed by atoms with Crippen LogP contribution in [0.15, 0.2) is 64.2 Å². The highest BCUT2D eigenvalue weighted by molar-refractivity contribution is 7.99. The van der Waals surface area contributed by atoms with Gasteiger partial charge in [-0.05, 0) is 41.9 Å². The summed E-state index contributed by atoms with van der Waals surface area (Å²) < 4.78 is 5.73. The molecule has 2 atom stereocenters. The topological polar surface area (TPSA) is 68.0 Å². The first-order valence-electron chi connectivity index (χ1n) is 10.1. The van der Waals surface area contributed by atoms with Gasteiger partial charge in [-0.25, -0.2) is 0 Å². The molecule has 1 N–H and O–H groups in total. The van der Waals surface area contributed by atoms with Crippen LogP contribution in [-0.2, 0) is 17.6 Å². The summed E-state index contributed by atoms with van der Waals surface area (Å²) in [6.07, 6.45) is 3.85. The molecule has 5 nitrogen and oxygen atoms in total. The van der Waals surface area contributed by atoms with Crippen LogP contribution in [0.4, 0.5) is 0 Å². The smallest absolute Gasteiger partial charge is 0.277 e. The minimum absolute atomic E-state index is 0.00546. The first-order chi connectivity index (χ1) is 14.2. The number of fused-ring (bicyclic) bond motifs is 1. The van der Waals surface area contributed by atoms with E-state index in [0.717, 1.165) is 19.3 Å². The molecule has 2 aromatic carbocycles. The molecular formula is C23H25N3O2S. The lowest BCUT2D eigenvalue weighted by molar-refractivity contribution is -0.119. The zero-order valence-corrected chi connectivity index (χ0v) is 17.3. The number of carbonyl (C=O) groups excluding carboxylic acids is 1. The molecule has 3 aromatic rings. The normalized spacial score (nSPS) is 16.8. The van der Waals surface area contributed by atoms with Crippen molar-refractivity contribution in [3.05, 3.63) is 77.2 Å². The second-order valence-corrected chi connectivity index (χ2v) is 8.40. The minimum Gasteiger partial charge on any atom is -0.416 e. The summed E-state index contributed by atoms with van der Waals surface area (Å²) in [5, 5.41) is 11.8. The van der Waals surface area contributed by atoms with Crippen LogP contribution in [0.3, 0.4) is 0 Å². The Bertz CT molecular complexity index is 958. The van der Waals surface area contributed by atoms with Crippen LogP contribution in [0.5, 0.6) is 0 Å². The Labute approximate surface area is 175 Å². The molecule has 1 heterocycles. The molecule has 0 aliphatic heterocycles. The summed E-state index contributed by atoms with van der Waals surface area (Å²) >= 11 is 1.29. The number of amides is 1. The van der Waals surface area contributed by atoms with Crippen molar-refractivity contribution in [1.82, 2.24) is 15.5 Å². The van der Waals surface area contributed by atoms with E-state index in [0.29, 0.717) is 23.5 Å². The van der Waals surface area contributed by atoms with E-state index in [1.165, 1.54) is 28.5 Å². The van der Waals surface area contributed by atoms with Crippen LogP contribution >= 0.6 is 11.8 Å². The Hall–Kier alpha value is -2.60. The summed E-state index contributed by atoms with van der Waals surface area (Å²) in [4.78, 5) is 12.4. The van der Waals surface area contributed by atoms with Crippen LogP contribution in [0.2, 0.25) is 0 Å². The highest BCUT2D eigenvalue weighted by atomic mass is 32.2. The number of rotatable bonds is 7. The maximum atomic E-state index is 12.4. The number of aryl methyl sites for hydroxylation is 1. The van der Waals surface area contributed by atoms with E-state index in [2.05, 4.69) is 52.8 Å². The molecule has 1 amide bonds. The van der Waals surface area contributed by atoms with E-state index in [4.69, 9.17) is 4.42 Å². The maximum absolute atomic E-state index is 12.4. The zero-order valence-electron chi connectivity index (χ0n) is 16.5. The zero-order chi connectivity index (χ0) is 20.1. The van der Waals surface area contributed by atoms with Gasteiger partial charge in [0.1, 0.15) is 0 Å². The maximum Gasteiger partial charge on any atom is 0.277 e. The van der Waals surface area contributed by atoms with E-state index >= 15 is 0 Å². The fourth-order valence-electron chi connectivity index (χ4n) is 3.81. The predicted molar refractivity (Wildman–Crippen MR) is 114 cm³/mol. The summed E-state index contributed by atoms with van der Waals surface area (Å²) in [6, 6.07) is 18.7. The lowest BCUT2D eigenvalue weighted by atomic mass is 9.88. The van der Waals surface area contributed by atoms with Crippen molar-refractivity contribution in [1.29, 1.82) is 0 Å². The van der Waals surface area contributed by atoms with Gasteiger partial charge in [0.2, 0.25) is 11.8 Å². The van der Waals surface area contributed by atoms with E-state index in [9.17, 15) is 4.79 Å². The second kappa shape index (κ2) is 9.27. The van der Waals surface area contributed by atoms with Gasteiger partial charge >= 0.3 is 0 Å². The molecule has 0 saturated heterocycles. The van der Waals surface area contributed by atoms with Crippen LogP contribution < -0.4 is 5.32 Å². The number of hydrogen-bond donors (Lipinski definition) is 1. The summed E-state index contributed by atoms with van der Waals surface area (Å²) in [5.74, 6) is 1.16. The van der Waals surface area contributed by atoms with Crippen molar-refractivity contribution >= 4 is 17.7 Å². The molecule has 0 saturated carbocycles. The summed E-state index contributed by atoms with van der Waals surface area (Å²) in [7, 11) is 0. The minimum atomic E-state index is -0.00546. The number of carbonyl (C=O) groups is 1. The SMILES string of the molecule is C[C@@H](Cc1nnc(SCC(=O)N[C@@H]2CCCc3ccccc32)o1)c1ccccc1. The molecule has 150 valence electrons. The van der Waals surface area contributed by atoms with Crippen LogP contribution in [-0.4, -0.2) is 21.9 Å². The van der Waals surface area contributed by atoms with Crippen molar-refractivity contribution in [3.63, 3.8) is 0 Å². The first kappa shape index (κ1) is 19.7. The third-order valence-electron chi connectivity index (χ3n) is 5.33. The molecule has 4 rings (SSSR count). The third kappa shape index (κ3) is 5.07. The number of nitrogens with one attached hydrogen (secondary N) is 1. The van der Waals surface area contributed by atoms with Crippen molar-refractivity contribution in [3.8, 4) is 0 Å².